The van der Waals surface area contributed by atoms with Gasteiger partial charge in [-0.15, -0.1) is 0 Å². The zero-order valence-corrected chi connectivity index (χ0v) is 12.7. The first-order chi connectivity index (χ1) is 10.6. The molecule has 0 fully saturated rings. The van der Waals surface area contributed by atoms with Crippen molar-refractivity contribution >= 4 is 5.97 Å². The molecule has 0 aliphatic rings. The van der Waals surface area contributed by atoms with Crippen LogP contribution in [0, 0.1) is 24.2 Å². The Bertz CT molecular complexity index is 682. The van der Waals surface area contributed by atoms with Crippen LogP contribution in [-0.4, -0.2) is 29.5 Å². The molecule has 2 aromatic rings. The highest BCUT2D eigenvalue weighted by Crippen LogP contribution is 2.22. The number of carbonyl (C=O) groups is 1. The van der Waals surface area contributed by atoms with Crippen LogP contribution in [0.4, 0.5) is 0 Å². The number of nitriles is 1. The zero-order chi connectivity index (χ0) is 16.1. The average Bonchev–Trinajstić information content (AvgIpc) is 3.10. The van der Waals surface area contributed by atoms with Crippen LogP contribution in [0.1, 0.15) is 21.8 Å². The van der Waals surface area contributed by atoms with Gasteiger partial charge in [0.15, 0.2) is 0 Å². The van der Waals surface area contributed by atoms with Crippen LogP contribution in [0.2, 0.25) is 0 Å². The number of methoxy groups -OCH3 is 1. The molecule has 0 radical (unpaired) electrons. The van der Waals surface area contributed by atoms with Gasteiger partial charge in [0.1, 0.15) is 17.9 Å². The Hall–Kier alpha value is -2.75. The molecular formula is C15H17N3O4. The van der Waals surface area contributed by atoms with Crippen LogP contribution in [0.5, 0.6) is 5.88 Å². The summed E-state index contributed by atoms with van der Waals surface area (Å²) >= 11 is 0. The predicted molar refractivity (Wildman–Crippen MR) is 76.3 cm³/mol. The van der Waals surface area contributed by atoms with E-state index in [0.717, 1.165) is 0 Å². The molecule has 2 rings (SSSR count). The number of hydrogen-bond donors (Lipinski definition) is 0. The van der Waals surface area contributed by atoms with Crippen molar-refractivity contribution in [2.75, 3.05) is 13.7 Å². The van der Waals surface area contributed by atoms with Crippen molar-refractivity contribution in [1.29, 1.82) is 5.26 Å². The monoisotopic (exact) mass is 303 g/mol. The van der Waals surface area contributed by atoms with Gasteiger partial charge in [0, 0.05) is 13.5 Å². The smallest absolute Gasteiger partial charge is 0.345 e. The molecule has 0 saturated carbocycles. The minimum atomic E-state index is -0.554. The third kappa shape index (κ3) is 3.28. The molecule has 0 amide bonds. The van der Waals surface area contributed by atoms with Crippen molar-refractivity contribution in [3.8, 4) is 11.9 Å². The molecule has 7 nitrogen and oxygen atoms in total. The summed E-state index contributed by atoms with van der Waals surface area (Å²) in [5.74, 6) is -0.0139. The molecule has 0 aliphatic heterocycles. The molecule has 7 heteroatoms. The summed E-state index contributed by atoms with van der Waals surface area (Å²) in [6.45, 7) is 1.68. The van der Waals surface area contributed by atoms with Gasteiger partial charge >= 0.3 is 5.97 Å². The van der Waals surface area contributed by atoms with E-state index in [1.54, 1.807) is 32.4 Å². The van der Waals surface area contributed by atoms with Crippen LogP contribution >= 0.6 is 0 Å². The fourth-order valence-corrected chi connectivity index (χ4v) is 2.17. The first-order valence-electron chi connectivity index (χ1n) is 6.73. The summed E-state index contributed by atoms with van der Waals surface area (Å²) in [5.41, 5.74) is 0.795. The van der Waals surface area contributed by atoms with Crippen molar-refractivity contribution in [3.63, 3.8) is 0 Å². The Kier molecular flexibility index (Phi) is 4.84. The Morgan fingerprint density at radius 2 is 2.36 bits per heavy atom. The highest BCUT2D eigenvalue weighted by Gasteiger charge is 2.23. The summed E-state index contributed by atoms with van der Waals surface area (Å²) in [6, 6.07) is 5.63. The maximum atomic E-state index is 12.2. The second kappa shape index (κ2) is 6.80. The van der Waals surface area contributed by atoms with Gasteiger partial charge < -0.3 is 13.9 Å². The molecule has 0 bridgehead atoms. The summed E-state index contributed by atoms with van der Waals surface area (Å²) in [6.07, 6.45) is 1.93. The van der Waals surface area contributed by atoms with Crippen LogP contribution in [-0.2, 0) is 18.2 Å². The van der Waals surface area contributed by atoms with Gasteiger partial charge in [-0.1, -0.05) is 0 Å². The van der Waals surface area contributed by atoms with Crippen molar-refractivity contribution in [2.45, 2.75) is 13.3 Å². The van der Waals surface area contributed by atoms with Crippen molar-refractivity contribution < 1.29 is 18.7 Å². The van der Waals surface area contributed by atoms with Gasteiger partial charge in [-0.25, -0.2) is 9.48 Å². The lowest BCUT2D eigenvalue weighted by atomic mass is 10.1. The van der Waals surface area contributed by atoms with Gasteiger partial charge in [-0.3, -0.25) is 0 Å². The number of ether oxygens (including phenoxy) is 2. The highest BCUT2D eigenvalue weighted by atomic mass is 16.5. The molecule has 22 heavy (non-hydrogen) atoms. The van der Waals surface area contributed by atoms with Gasteiger partial charge in [0.2, 0.25) is 5.88 Å². The topological polar surface area (TPSA) is 90.3 Å². The number of rotatable bonds is 6. The predicted octanol–water partition coefficient (Wildman–Crippen LogP) is 1.87. The fraction of sp³-hybridized carbons (Fsp3) is 0.400. The first kappa shape index (κ1) is 15.6. The summed E-state index contributed by atoms with van der Waals surface area (Å²) in [4.78, 5) is 12.2. The van der Waals surface area contributed by atoms with Gasteiger partial charge in [0.05, 0.1) is 31.1 Å². The molecule has 0 aromatic carbocycles. The normalized spacial score (nSPS) is 11.7. The highest BCUT2D eigenvalue weighted by molar-refractivity contribution is 5.93. The van der Waals surface area contributed by atoms with E-state index < -0.39 is 11.9 Å². The average molecular weight is 303 g/mol. The van der Waals surface area contributed by atoms with Crippen molar-refractivity contribution in [3.05, 3.63) is 35.4 Å². The maximum absolute atomic E-state index is 12.2. The second-order valence-corrected chi connectivity index (χ2v) is 4.80. The molecule has 2 aromatic heterocycles. The number of hydrogen-bond acceptors (Lipinski definition) is 6. The van der Waals surface area contributed by atoms with Gasteiger partial charge in [-0.05, 0) is 19.1 Å². The summed E-state index contributed by atoms with van der Waals surface area (Å²) < 4.78 is 17.0. The molecular weight excluding hydrogens is 286 g/mol. The number of aromatic nitrogens is 2. The van der Waals surface area contributed by atoms with Crippen molar-refractivity contribution in [1.82, 2.24) is 9.78 Å². The van der Waals surface area contributed by atoms with E-state index in [0.29, 0.717) is 23.8 Å². The molecule has 0 spiro atoms. The number of aryl methyl sites for hydroxylation is 2. The standard InChI is InChI=1S/C15H17N3O4/c1-10-13(14(20-3)18(2)17-10)15(19)22-9-11(8-16)7-12-5-4-6-21-12/h4-6,11H,7,9H2,1-3H3/t11-/m0/s1. The van der Waals surface area contributed by atoms with Crippen LogP contribution in [0.3, 0.4) is 0 Å². The van der Waals surface area contributed by atoms with E-state index in [9.17, 15) is 4.79 Å². The third-order valence-electron chi connectivity index (χ3n) is 3.19. The Morgan fingerprint density at radius 1 is 1.59 bits per heavy atom. The van der Waals surface area contributed by atoms with Crippen LogP contribution < -0.4 is 4.74 Å². The lowest BCUT2D eigenvalue weighted by molar-refractivity contribution is 0.0461. The quantitative estimate of drug-likeness (QED) is 0.757. The molecule has 116 valence electrons. The molecule has 0 aliphatic carbocycles. The van der Waals surface area contributed by atoms with Crippen molar-refractivity contribution in [2.24, 2.45) is 13.0 Å². The Morgan fingerprint density at radius 3 is 2.95 bits per heavy atom. The summed E-state index contributed by atoms with van der Waals surface area (Å²) in [5, 5.41) is 13.3. The minimum Gasteiger partial charge on any atom is -0.481 e. The first-order valence-corrected chi connectivity index (χ1v) is 6.73. The molecule has 2 heterocycles. The molecule has 1 atom stereocenters. The van der Waals surface area contributed by atoms with E-state index in [-0.39, 0.29) is 12.2 Å². The van der Waals surface area contributed by atoms with Gasteiger partial charge in [0.25, 0.3) is 0 Å². The van der Waals surface area contributed by atoms with Crippen LogP contribution in [0.15, 0.2) is 22.8 Å². The van der Waals surface area contributed by atoms with E-state index in [1.165, 1.54) is 11.8 Å². The Balaban J connectivity index is 2.01. The molecule has 0 saturated heterocycles. The third-order valence-corrected chi connectivity index (χ3v) is 3.19. The van der Waals surface area contributed by atoms with E-state index in [2.05, 4.69) is 11.2 Å². The van der Waals surface area contributed by atoms with E-state index in [1.807, 2.05) is 0 Å². The number of nitrogens with zero attached hydrogens (tertiary/aromatic N) is 3. The maximum Gasteiger partial charge on any atom is 0.345 e. The fourth-order valence-electron chi connectivity index (χ4n) is 2.17. The largest absolute Gasteiger partial charge is 0.481 e. The molecule has 0 unspecified atom stereocenters. The number of furan rings is 1. The minimum absolute atomic E-state index is 0.0203. The summed E-state index contributed by atoms with van der Waals surface area (Å²) in [7, 11) is 3.14. The van der Waals surface area contributed by atoms with Gasteiger partial charge in [-0.2, -0.15) is 10.4 Å². The SMILES string of the molecule is COc1c(C(=O)OC[C@H](C#N)Cc2ccco2)c(C)nn1C. The molecule has 0 N–H and O–H groups in total. The lowest BCUT2D eigenvalue weighted by Crippen LogP contribution is -2.16. The number of esters is 1. The van der Waals surface area contributed by atoms with Crippen LogP contribution in [0.25, 0.3) is 0 Å². The number of carbonyl (C=O) groups excluding carboxylic acids is 1. The Labute approximate surface area is 128 Å². The van der Waals surface area contributed by atoms with E-state index >= 15 is 0 Å². The zero-order valence-electron chi connectivity index (χ0n) is 12.7. The lowest BCUT2D eigenvalue weighted by Gasteiger charge is -2.09. The second-order valence-electron chi connectivity index (χ2n) is 4.80. The van der Waals surface area contributed by atoms with E-state index in [4.69, 9.17) is 19.2 Å².